The fourth-order valence-corrected chi connectivity index (χ4v) is 4.38. The van der Waals surface area contributed by atoms with Crippen molar-refractivity contribution in [2.75, 3.05) is 25.5 Å². The number of piperidine rings is 1. The number of amides is 2. The molecular formula is C26H31N3O2. The molecule has 0 bridgehead atoms. The van der Waals surface area contributed by atoms with Crippen LogP contribution in [0.1, 0.15) is 59.5 Å². The second-order valence-electron chi connectivity index (χ2n) is 8.57. The Balaban J connectivity index is 1.35. The van der Waals surface area contributed by atoms with Gasteiger partial charge in [-0.2, -0.15) is 0 Å². The lowest BCUT2D eigenvalue weighted by Crippen LogP contribution is -2.38. The summed E-state index contributed by atoms with van der Waals surface area (Å²) < 4.78 is 0. The summed E-state index contributed by atoms with van der Waals surface area (Å²) in [5.41, 5.74) is 5.16. The molecule has 162 valence electrons. The Bertz CT molecular complexity index is 968. The molecule has 2 aromatic rings. The van der Waals surface area contributed by atoms with Gasteiger partial charge in [-0.1, -0.05) is 35.9 Å². The molecule has 1 saturated carbocycles. The van der Waals surface area contributed by atoms with Crippen LogP contribution in [0.25, 0.3) is 0 Å². The Kier molecular flexibility index (Phi) is 6.82. The third kappa shape index (κ3) is 5.42. The number of hydrogen-bond donors (Lipinski definition) is 2. The first-order valence-electron chi connectivity index (χ1n) is 11.3. The Morgan fingerprint density at radius 1 is 1.06 bits per heavy atom. The number of anilines is 1. The number of carbonyl (C=O) groups excluding carboxylic acids is 2. The van der Waals surface area contributed by atoms with Gasteiger partial charge in [0.15, 0.2) is 0 Å². The summed E-state index contributed by atoms with van der Waals surface area (Å²) in [5.74, 6) is 0.419. The lowest BCUT2D eigenvalue weighted by atomic mass is 9.88. The van der Waals surface area contributed by atoms with Crippen LogP contribution >= 0.6 is 0 Å². The predicted octanol–water partition coefficient (Wildman–Crippen LogP) is 4.47. The molecular weight excluding hydrogens is 386 g/mol. The van der Waals surface area contributed by atoms with E-state index in [1.807, 2.05) is 30.1 Å². The zero-order chi connectivity index (χ0) is 21.6. The first-order chi connectivity index (χ1) is 15.1. The van der Waals surface area contributed by atoms with Gasteiger partial charge in [-0.25, -0.2) is 0 Å². The minimum Gasteiger partial charge on any atom is -0.339 e. The molecule has 1 saturated heterocycles. The van der Waals surface area contributed by atoms with E-state index in [1.54, 1.807) is 12.1 Å². The lowest BCUT2D eigenvalue weighted by molar-refractivity contribution is -0.112. The Morgan fingerprint density at radius 2 is 1.84 bits per heavy atom. The number of nitrogens with one attached hydrogen (secondary N) is 2. The van der Waals surface area contributed by atoms with Crippen molar-refractivity contribution in [3.63, 3.8) is 0 Å². The number of rotatable bonds is 6. The maximum Gasteiger partial charge on any atom is 0.253 e. The third-order valence-electron chi connectivity index (χ3n) is 6.29. The quantitative estimate of drug-likeness (QED) is 0.682. The van der Waals surface area contributed by atoms with Gasteiger partial charge < -0.3 is 15.5 Å². The third-order valence-corrected chi connectivity index (χ3v) is 6.29. The number of carbonyl (C=O) groups is 2. The van der Waals surface area contributed by atoms with Gasteiger partial charge in [0.2, 0.25) is 5.91 Å². The minimum atomic E-state index is -0.111. The molecule has 0 spiro atoms. The van der Waals surface area contributed by atoms with Crippen LogP contribution in [0.3, 0.4) is 0 Å². The number of nitrogens with zero attached hydrogens (tertiary/aromatic N) is 1. The Morgan fingerprint density at radius 3 is 2.55 bits per heavy atom. The Hall–Kier alpha value is -2.92. The topological polar surface area (TPSA) is 61.4 Å². The number of allylic oxidation sites excluding steroid dienone is 1. The molecule has 0 aromatic heterocycles. The molecule has 5 heteroatoms. The van der Waals surface area contributed by atoms with E-state index in [0.717, 1.165) is 45.3 Å². The van der Waals surface area contributed by atoms with Crippen LogP contribution in [-0.4, -0.2) is 36.9 Å². The van der Waals surface area contributed by atoms with Gasteiger partial charge in [0.05, 0.1) is 0 Å². The van der Waals surface area contributed by atoms with Crippen molar-refractivity contribution in [1.29, 1.82) is 0 Å². The average molecular weight is 418 g/mol. The van der Waals surface area contributed by atoms with Crippen LogP contribution in [0.5, 0.6) is 0 Å². The normalized spacial score (nSPS) is 16.5. The second-order valence-corrected chi connectivity index (χ2v) is 8.57. The van der Waals surface area contributed by atoms with E-state index in [4.69, 9.17) is 0 Å². The van der Waals surface area contributed by atoms with E-state index < -0.39 is 0 Å². The molecule has 1 heterocycles. The molecule has 0 unspecified atom stereocenters. The molecule has 2 N–H and O–H groups in total. The zero-order valence-corrected chi connectivity index (χ0v) is 18.2. The molecule has 2 aromatic carbocycles. The predicted molar refractivity (Wildman–Crippen MR) is 124 cm³/mol. The van der Waals surface area contributed by atoms with Gasteiger partial charge in [0, 0.05) is 37.0 Å². The zero-order valence-electron chi connectivity index (χ0n) is 18.2. The maximum absolute atomic E-state index is 13.0. The molecule has 2 aliphatic rings. The summed E-state index contributed by atoms with van der Waals surface area (Å²) >= 11 is 0. The first-order valence-corrected chi connectivity index (χ1v) is 11.3. The fraction of sp³-hybridized carbons (Fsp3) is 0.385. The van der Waals surface area contributed by atoms with Gasteiger partial charge in [-0.05, 0) is 74.4 Å². The Labute approximate surface area is 184 Å². The van der Waals surface area contributed by atoms with E-state index in [0.29, 0.717) is 17.2 Å². The molecule has 0 radical (unpaired) electrons. The van der Waals surface area contributed by atoms with E-state index >= 15 is 0 Å². The summed E-state index contributed by atoms with van der Waals surface area (Å²) in [7, 11) is 1.96. The largest absolute Gasteiger partial charge is 0.339 e. The summed E-state index contributed by atoms with van der Waals surface area (Å²) in [6.07, 6.45) is 6.83. The summed E-state index contributed by atoms with van der Waals surface area (Å²) in [6.45, 7) is 2.38. The van der Waals surface area contributed by atoms with Crippen molar-refractivity contribution >= 4 is 17.5 Å². The van der Waals surface area contributed by atoms with E-state index in [1.165, 1.54) is 23.1 Å². The number of likely N-dealkylation sites (tertiary alicyclic amines) is 1. The molecule has 1 aliphatic heterocycles. The molecule has 2 fully saturated rings. The van der Waals surface area contributed by atoms with Gasteiger partial charge in [-0.3, -0.25) is 9.59 Å². The van der Waals surface area contributed by atoms with Crippen molar-refractivity contribution in [3.8, 4) is 0 Å². The van der Waals surface area contributed by atoms with Gasteiger partial charge in [-0.15, -0.1) is 0 Å². The smallest absolute Gasteiger partial charge is 0.253 e. The van der Waals surface area contributed by atoms with Crippen LogP contribution < -0.4 is 10.6 Å². The summed E-state index contributed by atoms with van der Waals surface area (Å²) in [6, 6.07) is 16.0. The number of hydrogen-bond acceptors (Lipinski definition) is 3. The van der Waals surface area contributed by atoms with Gasteiger partial charge >= 0.3 is 0 Å². The van der Waals surface area contributed by atoms with E-state index in [2.05, 4.69) is 34.9 Å². The van der Waals surface area contributed by atoms with Crippen molar-refractivity contribution in [3.05, 3.63) is 76.9 Å². The SMILES string of the molecule is CNCc1cccc(C2CCN(C(=O)c3cccc(NC(=O)C=C4CCC4)c3)CC2)c1. The van der Waals surface area contributed by atoms with Crippen LogP contribution in [0.4, 0.5) is 5.69 Å². The minimum absolute atomic E-state index is 0.0378. The molecule has 31 heavy (non-hydrogen) atoms. The van der Waals surface area contributed by atoms with Crippen LogP contribution in [0.15, 0.2) is 60.2 Å². The molecule has 5 nitrogen and oxygen atoms in total. The van der Waals surface area contributed by atoms with Gasteiger partial charge in [0.25, 0.3) is 5.91 Å². The summed E-state index contributed by atoms with van der Waals surface area (Å²) in [5, 5.41) is 6.10. The second kappa shape index (κ2) is 9.92. The van der Waals surface area contributed by atoms with Crippen LogP contribution in [0.2, 0.25) is 0 Å². The summed E-state index contributed by atoms with van der Waals surface area (Å²) in [4.78, 5) is 27.1. The average Bonchev–Trinajstić information content (AvgIpc) is 2.77. The van der Waals surface area contributed by atoms with Gasteiger partial charge in [0.1, 0.15) is 0 Å². The van der Waals surface area contributed by atoms with Crippen molar-refractivity contribution in [1.82, 2.24) is 10.2 Å². The van der Waals surface area contributed by atoms with Crippen molar-refractivity contribution in [2.45, 2.75) is 44.6 Å². The highest BCUT2D eigenvalue weighted by Gasteiger charge is 2.25. The van der Waals surface area contributed by atoms with Crippen LogP contribution in [0, 0.1) is 0 Å². The maximum atomic E-state index is 13.0. The molecule has 1 aliphatic carbocycles. The highest BCUT2D eigenvalue weighted by atomic mass is 16.2. The number of benzene rings is 2. The van der Waals surface area contributed by atoms with Crippen molar-refractivity contribution in [2.24, 2.45) is 0 Å². The van der Waals surface area contributed by atoms with Crippen molar-refractivity contribution < 1.29 is 9.59 Å². The molecule has 0 atom stereocenters. The van der Waals surface area contributed by atoms with Crippen LogP contribution in [-0.2, 0) is 11.3 Å². The highest BCUT2D eigenvalue weighted by molar-refractivity contribution is 6.01. The molecule has 2 amide bonds. The molecule has 4 rings (SSSR count). The van der Waals surface area contributed by atoms with E-state index in [-0.39, 0.29) is 11.8 Å². The van der Waals surface area contributed by atoms with E-state index in [9.17, 15) is 9.59 Å². The standard InChI is InChI=1S/C26H31N3O2/c1-27-18-20-7-3-8-22(15-20)21-11-13-29(14-12-21)26(31)23-9-4-10-24(17-23)28-25(30)16-19-5-2-6-19/h3-4,7-10,15-17,21,27H,2,5-6,11-14,18H2,1H3,(H,28,30). The lowest BCUT2D eigenvalue weighted by Gasteiger charge is -2.32. The first kappa shape index (κ1) is 21.3. The monoisotopic (exact) mass is 417 g/mol. The fourth-order valence-electron chi connectivity index (χ4n) is 4.38. The highest BCUT2D eigenvalue weighted by Crippen LogP contribution is 2.29.